The molecule has 7 aromatic heterocycles. The molecule has 506 valence electrons. The molecule has 0 unspecified atom stereocenters. The van der Waals surface area contributed by atoms with Crippen LogP contribution in [0.2, 0.25) is 0 Å². The van der Waals surface area contributed by atoms with Gasteiger partial charge in [-0.25, -0.2) is 42.9 Å². The molecule has 26 heteroatoms. The van der Waals surface area contributed by atoms with Crippen LogP contribution in [0.3, 0.4) is 0 Å². The van der Waals surface area contributed by atoms with Gasteiger partial charge < -0.3 is 39.0 Å². The molecule has 10 aromatic rings. The van der Waals surface area contributed by atoms with Crippen LogP contribution in [0.5, 0.6) is 0 Å². The van der Waals surface area contributed by atoms with Gasteiger partial charge in [0.25, 0.3) is 11.1 Å². The van der Waals surface area contributed by atoms with Gasteiger partial charge in [-0.2, -0.15) is 0 Å². The molecule has 3 aliphatic carbocycles. The predicted molar refractivity (Wildman–Crippen MR) is 367 cm³/mol. The Balaban J connectivity index is 0.000000163. The lowest BCUT2D eigenvalue weighted by atomic mass is 10.1. The Morgan fingerprint density at radius 1 is 0.583 bits per heavy atom. The second kappa shape index (κ2) is 31.9. The lowest BCUT2D eigenvalue weighted by molar-refractivity contribution is 0.0691. The first-order chi connectivity index (χ1) is 45.3. The number of amides is 1. The van der Waals surface area contributed by atoms with E-state index in [0.29, 0.717) is 76.0 Å². The first kappa shape index (κ1) is 72.4. The highest BCUT2D eigenvalue weighted by Crippen LogP contribution is 2.41. The molecule has 0 bridgehead atoms. The van der Waals surface area contributed by atoms with E-state index in [9.17, 15) is 27.6 Å². The smallest absolute Gasteiger partial charge is 0.338 e. The van der Waals surface area contributed by atoms with E-state index in [1.54, 1.807) is 80.4 Å². The highest BCUT2D eigenvalue weighted by Gasteiger charge is 2.29. The van der Waals surface area contributed by atoms with Crippen LogP contribution in [-0.2, 0) is 0 Å². The molecule has 3 fully saturated rings. The Hall–Kier alpha value is -9.39. The third kappa shape index (κ3) is 18.1. The van der Waals surface area contributed by atoms with Gasteiger partial charge in [-0.3, -0.25) is 14.5 Å². The number of imidazole rings is 3. The summed E-state index contributed by atoms with van der Waals surface area (Å²) in [4.78, 5) is 59.4. The van der Waals surface area contributed by atoms with Gasteiger partial charge >= 0.3 is 5.97 Å². The van der Waals surface area contributed by atoms with Crippen LogP contribution in [0, 0.1) is 38.2 Å². The van der Waals surface area contributed by atoms with Crippen molar-refractivity contribution in [2.24, 2.45) is 0 Å². The normalized spacial score (nSPS) is 13.3. The maximum absolute atomic E-state index is 14.8. The van der Waals surface area contributed by atoms with Crippen molar-refractivity contribution in [1.82, 2.24) is 73.1 Å². The maximum Gasteiger partial charge on any atom is 0.338 e. The minimum absolute atomic E-state index is 0. The molecule has 4 N–H and O–H groups in total. The third-order valence-corrected chi connectivity index (χ3v) is 16.5. The number of aromatic nitrogens is 14. The van der Waals surface area contributed by atoms with Gasteiger partial charge in [-0.05, 0) is 210 Å². The average Bonchev–Trinajstić information content (AvgIpc) is 1.55. The topological polar surface area (TPSA) is 253 Å². The summed E-state index contributed by atoms with van der Waals surface area (Å²) in [7, 11) is 0. The summed E-state index contributed by atoms with van der Waals surface area (Å²) in [5.41, 5.74) is 13.8. The van der Waals surface area contributed by atoms with Gasteiger partial charge in [-0.1, -0.05) is 19.1 Å². The number of nitrogens with zero attached hydrogens (tertiary/aromatic N) is 15. The number of carbonyl (C=O) groups is 3. The van der Waals surface area contributed by atoms with Crippen LogP contribution >= 0.6 is 24.0 Å². The maximum atomic E-state index is 14.8. The molecule has 7 heterocycles. The molecule has 3 aromatic carbocycles. The molecule has 13 rings (SSSR count). The lowest BCUT2D eigenvalue weighted by Gasteiger charge is -2.28. The van der Waals surface area contributed by atoms with Crippen molar-refractivity contribution in [3.05, 3.63) is 191 Å². The zero-order valence-electron chi connectivity index (χ0n) is 55.9. The van der Waals surface area contributed by atoms with Crippen molar-refractivity contribution in [2.75, 3.05) is 17.6 Å². The van der Waals surface area contributed by atoms with Crippen molar-refractivity contribution in [3.8, 4) is 40.1 Å². The summed E-state index contributed by atoms with van der Waals surface area (Å²) >= 11 is 5.38. The minimum Gasteiger partial charge on any atom is -0.478 e. The Morgan fingerprint density at radius 2 is 0.969 bits per heavy atom. The summed E-state index contributed by atoms with van der Waals surface area (Å²) in [6, 6.07) is 20.8. The molecule has 0 saturated heterocycles. The van der Waals surface area contributed by atoms with E-state index in [4.69, 9.17) is 22.4 Å². The fourth-order valence-corrected chi connectivity index (χ4v) is 11.0. The van der Waals surface area contributed by atoms with Crippen LogP contribution in [0.15, 0.2) is 123 Å². The SMILES string of the molecule is CC(C)n1cnnc1-c1cccc(N)n1.CCN(C(C)C)C(C)C.Cc1cc(F)c(C(=O)Cl)cc1-n1cnc(C2CC2)c1.Cc1cc(F)c(C(=O)Nc2cccc(-c3nncn3C(C)C)n2)cc1-n1cnc(C2CC2)c1.Cc1cc(F)c(C(=O)O)cc1-n1cnc(C2CC2)c1.Cl. The number of carboxylic acids is 1. The monoisotopic (exact) mass is 1350 g/mol. The zero-order valence-corrected chi connectivity index (χ0v) is 57.5. The van der Waals surface area contributed by atoms with E-state index >= 15 is 0 Å². The highest BCUT2D eigenvalue weighted by molar-refractivity contribution is 6.67. The summed E-state index contributed by atoms with van der Waals surface area (Å²) in [6.07, 6.45) is 21.1. The Bertz CT molecular complexity index is 4210. The Labute approximate surface area is 567 Å². The molecule has 0 spiro atoms. The molecule has 0 atom stereocenters. The third-order valence-electron chi connectivity index (χ3n) is 16.3. The van der Waals surface area contributed by atoms with Gasteiger partial charge in [0, 0.05) is 60.5 Å². The molecule has 21 nitrogen and oxygen atoms in total. The van der Waals surface area contributed by atoms with Crippen molar-refractivity contribution >= 4 is 52.8 Å². The molecule has 3 saturated carbocycles. The van der Waals surface area contributed by atoms with Gasteiger partial charge in [0.05, 0.1) is 69.8 Å². The highest BCUT2D eigenvalue weighted by atomic mass is 35.5. The second-order valence-corrected chi connectivity index (χ2v) is 25.4. The standard InChI is InChI=1S/C24H24FN7O.C14H12ClFN2O.C14H13FN2O2.C10H13N5.C8H19N.ClH/c1-14(2)32-13-27-30-23(32)19-5-4-6-22(28-19)29-24(33)17-10-21(15(3)9-18(17)25)31-11-20(26-12-31)16-7-8-16;1-8-4-11(16)10(14(15)19)5-13(8)18-6-12(17-7-18)9-2-3-9;1-8-4-11(15)10(14(18)19)5-13(8)17-6-12(16-7-17)9-2-3-9;1-7(2)15-6-12-14-10(15)8-4-3-5-9(11)13-8;1-6-9(7(2)3)8(4)5;/h4-6,9-14,16H,7-8H2,1-3H3,(H,28,29,33);4-7,9H,2-3H2,1H3;4-7,9H,2-3H2,1H3,(H,18,19);3-7H,1-2H3,(H2,11,13);7-8H,6H2,1-5H3;1H. The van der Waals surface area contributed by atoms with E-state index in [1.165, 1.54) is 43.2 Å². The molecular weight excluding hydrogens is 1270 g/mol. The Kier molecular flexibility index (Phi) is 24.1. The van der Waals surface area contributed by atoms with Crippen molar-refractivity contribution in [1.29, 1.82) is 0 Å². The quantitative estimate of drug-likeness (QED) is 0.0717. The summed E-state index contributed by atoms with van der Waals surface area (Å²) in [5.74, 6) is -0.0122. The second-order valence-electron chi connectivity index (χ2n) is 25.0. The summed E-state index contributed by atoms with van der Waals surface area (Å²) in [5, 5.41) is 26.9. The van der Waals surface area contributed by atoms with Crippen LogP contribution in [0.1, 0.15) is 196 Å². The number of carboxylic acid groups (broad SMARTS) is 1. The van der Waals surface area contributed by atoms with Gasteiger partial charge in [0.1, 0.15) is 53.1 Å². The molecule has 1 amide bonds. The molecule has 3 aliphatic rings. The number of aryl methyl sites for hydroxylation is 3. The number of aromatic carboxylic acids is 1. The molecule has 0 radical (unpaired) electrons. The van der Waals surface area contributed by atoms with Crippen LogP contribution in [0.25, 0.3) is 40.1 Å². The summed E-state index contributed by atoms with van der Waals surface area (Å²) in [6.45, 7) is 25.9. The first-order valence-corrected chi connectivity index (χ1v) is 32.2. The van der Waals surface area contributed by atoms with Crippen molar-refractivity contribution < 1.29 is 32.7 Å². The number of pyridine rings is 2. The number of anilines is 2. The van der Waals surface area contributed by atoms with E-state index in [1.807, 2.05) is 69.8 Å². The number of carbonyl (C=O) groups excluding carboxylic acids is 2. The fourth-order valence-electron chi connectivity index (χ4n) is 10.8. The fraction of sp³-hybridized carbons (Fsp3) is 0.371. The van der Waals surface area contributed by atoms with Crippen LogP contribution in [-0.4, -0.2) is 114 Å². The number of rotatable bonds is 17. The Morgan fingerprint density at radius 3 is 1.33 bits per heavy atom. The van der Waals surface area contributed by atoms with Gasteiger partial charge in [0.2, 0.25) is 0 Å². The number of hydrogen-bond donors (Lipinski definition) is 3. The van der Waals surface area contributed by atoms with Gasteiger partial charge in [-0.15, -0.1) is 32.8 Å². The largest absolute Gasteiger partial charge is 0.478 e. The zero-order chi connectivity index (χ0) is 68.5. The molecule has 96 heavy (non-hydrogen) atoms. The number of halogens is 5. The molecule has 0 aliphatic heterocycles. The number of nitrogens with two attached hydrogens (primary N) is 1. The van der Waals surface area contributed by atoms with Crippen molar-refractivity contribution in [2.45, 2.75) is 164 Å². The number of nitrogens with one attached hydrogen (secondary N) is 1. The van der Waals surface area contributed by atoms with Crippen molar-refractivity contribution in [3.63, 3.8) is 0 Å². The van der Waals surface area contributed by atoms with E-state index in [2.05, 4.69) is 104 Å². The van der Waals surface area contributed by atoms with Crippen LogP contribution in [0.4, 0.5) is 24.8 Å². The predicted octanol–water partition coefficient (Wildman–Crippen LogP) is 15.2. The van der Waals surface area contributed by atoms with E-state index < -0.39 is 34.6 Å². The van der Waals surface area contributed by atoms with E-state index in [0.717, 1.165) is 77.6 Å². The van der Waals surface area contributed by atoms with Crippen LogP contribution < -0.4 is 11.1 Å². The van der Waals surface area contributed by atoms with Gasteiger partial charge in [0.15, 0.2) is 11.6 Å². The number of hydrogen-bond acceptors (Lipinski definition) is 14. The number of nitrogen functional groups attached to an aromatic ring is 1. The lowest BCUT2D eigenvalue weighted by Crippen LogP contribution is -2.36. The van der Waals surface area contributed by atoms with E-state index in [-0.39, 0.29) is 35.1 Å². The summed E-state index contributed by atoms with van der Waals surface area (Å²) < 4.78 is 51.2. The average molecular weight is 1350 g/mol. The number of benzene rings is 3. The first-order valence-electron chi connectivity index (χ1n) is 31.8. The molecular formula is C70H82Cl2F3N17O4. The minimum atomic E-state index is -1.26.